The fourth-order valence-corrected chi connectivity index (χ4v) is 4.40. The molecule has 2 aliphatic heterocycles. The number of nitrogens with zero attached hydrogens (tertiary/aromatic N) is 2. The molecular formula is C23H34N2O3. The average Bonchev–Trinajstić information content (AvgIpc) is 3.12. The van der Waals surface area contributed by atoms with Crippen molar-refractivity contribution >= 4 is 12.0 Å². The minimum Gasteiger partial charge on any atom is -0.445 e. The van der Waals surface area contributed by atoms with E-state index in [1.54, 1.807) is 4.90 Å². The van der Waals surface area contributed by atoms with Gasteiger partial charge in [-0.05, 0) is 43.1 Å². The molecule has 1 aromatic carbocycles. The number of ether oxygens (including phenoxy) is 1. The van der Waals surface area contributed by atoms with E-state index in [0.717, 1.165) is 44.2 Å². The molecule has 1 aromatic rings. The van der Waals surface area contributed by atoms with Gasteiger partial charge in [0.1, 0.15) is 6.61 Å². The molecule has 2 aliphatic rings. The molecule has 0 N–H and O–H groups in total. The Morgan fingerprint density at radius 1 is 1.04 bits per heavy atom. The molecule has 2 fully saturated rings. The highest BCUT2D eigenvalue weighted by atomic mass is 16.6. The Hall–Kier alpha value is -2.04. The van der Waals surface area contributed by atoms with Crippen molar-refractivity contribution in [1.29, 1.82) is 0 Å². The van der Waals surface area contributed by atoms with E-state index in [0.29, 0.717) is 31.6 Å². The van der Waals surface area contributed by atoms with Gasteiger partial charge in [-0.2, -0.15) is 0 Å². The van der Waals surface area contributed by atoms with Crippen LogP contribution in [0.5, 0.6) is 0 Å². The summed E-state index contributed by atoms with van der Waals surface area (Å²) in [7, 11) is 0. The Balaban J connectivity index is 1.46. The fraction of sp³-hybridized carbons (Fsp3) is 0.652. The van der Waals surface area contributed by atoms with Crippen molar-refractivity contribution in [3.8, 4) is 0 Å². The molecule has 3 rings (SSSR count). The molecule has 2 amide bonds. The number of piperidine rings is 1. The van der Waals surface area contributed by atoms with E-state index in [9.17, 15) is 9.59 Å². The smallest absolute Gasteiger partial charge is 0.410 e. The second-order valence-corrected chi connectivity index (χ2v) is 9.39. The maximum atomic E-state index is 13.1. The maximum Gasteiger partial charge on any atom is 0.410 e. The molecular weight excluding hydrogens is 352 g/mol. The zero-order valence-electron chi connectivity index (χ0n) is 17.5. The first kappa shape index (κ1) is 20.7. The molecule has 2 heterocycles. The molecule has 0 aliphatic carbocycles. The predicted molar refractivity (Wildman–Crippen MR) is 110 cm³/mol. The van der Waals surface area contributed by atoms with E-state index in [1.165, 1.54) is 0 Å². The van der Waals surface area contributed by atoms with Crippen LogP contribution in [0.3, 0.4) is 0 Å². The van der Waals surface area contributed by atoms with Crippen LogP contribution in [0.25, 0.3) is 0 Å². The van der Waals surface area contributed by atoms with Crippen LogP contribution in [0.1, 0.15) is 58.4 Å². The largest absolute Gasteiger partial charge is 0.445 e. The van der Waals surface area contributed by atoms with Crippen LogP contribution in [-0.4, -0.2) is 47.5 Å². The Labute approximate surface area is 169 Å². The summed E-state index contributed by atoms with van der Waals surface area (Å²) in [5.74, 6) is 0.336. The maximum absolute atomic E-state index is 13.1. The number of hydrogen-bond acceptors (Lipinski definition) is 3. The van der Waals surface area contributed by atoms with Crippen molar-refractivity contribution in [3.05, 3.63) is 35.9 Å². The first-order valence-electron chi connectivity index (χ1n) is 10.6. The molecule has 5 heteroatoms. The van der Waals surface area contributed by atoms with Crippen molar-refractivity contribution in [2.45, 2.75) is 65.5 Å². The zero-order chi connectivity index (χ0) is 20.1. The van der Waals surface area contributed by atoms with Gasteiger partial charge in [0.25, 0.3) is 0 Å². The number of likely N-dealkylation sites (tertiary alicyclic amines) is 2. The topological polar surface area (TPSA) is 49.9 Å². The normalized spacial score (nSPS) is 21.0. The summed E-state index contributed by atoms with van der Waals surface area (Å²) >= 11 is 0. The van der Waals surface area contributed by atoms with Crippen molar-refractivity contribution in [1.82, 2.24) is 9.80 Å². The predicted octanol–water partition coefficient (Wildman–Crippen LogP) is 4.46. The van der Waals surface area contributed by atoms with Crippen molar-refractivity contribution in [2.24, 2.45) is 11.3 Å². The molecule has 1 atom stereocenters. The molecule has 0 radical (unpaired) electrons. The van der Waals surface area contributed by atoms with Crippen LogP contribution in [-0.2, 0) is 16.1 Å². The van der Waals surface area contributed by atoms with Gasteiger partial charge in [0.05, 0.1) is 0 Å². The number of carbonyl (C=O) groups excluding carboxylic acids is 2. The van der Waals surface area contributed by atoms with Gasteiger partial charge in [0.2, 0.25) is 5.91 Å². The first-order chi connectivity index (χ1) is 13.3. The van der Waals surface area contributed by atoms with E-state index in [1.807, 2.05) is 30.3 Å². The second-order valence-electron chi connectivity index (χ2n) is 9.39. The Kier molecular flexibility index (Phi) is 6.63. The SMILES string of the molecule is CC(C)(C)CC1CCCN1C(=O)C1CCN(C(=O)OCc2ccccc2)CC1. The number of amides is 2. The van der Waals surface area contributed by atoms with Crippen LogP contribution >= 0.6 is 0 Å². The Morgan fingerprint density at radius 2 is 1.71 bits per heavy atom. The number of benzene rings is 1. The molecule has 2 saturated heterocycles. The lowest BCUT2D eigenvalue weighted by Crippen LogP contribution is -2.46. The van der Waals surface area contributed by atoms with Crippen molar-refractivity contribution in [3.63, 3.8) is 0 Å². The Morgan fingerprint density at radius 3 is 2.36 bits per heavy atom. The monoisotopic (exact) mass is 386 g/mol. The highest BCUT2D eigenvalue weighted by Gasteiger charge is 2.36. The molecule has 1 unspecified atom stereocenters. The number of carbonyl (C=O) groups is 2. The zero-order valence-corrected chi connectivity index (χ0v) is 17.5. The van der Waals surface area contributed by atoms with Gasteiger partial charge in [0, 0.05) is 31.6 Å². The summed E-state index contributed by atoms with van der Waals surface area (Å²) in [6.07, 6.45) is 4.48. The summed E-state index contributed by atoms with van der Waals surface area (Å²) in [6, 6.07) is 10.1. The van der Waals surface area contributed by atoms with Gasteiger partial charge in [-0.1, -0.05) is 51.1 Å². The second kappa shape index (κ2) is 8.97. The number of rotatable bonds is 4. The molecule has 5 nitrogen and oxygen atoms in total. The third kappa shape index (κ3) is 5.49. The van der Waals surface area contributed by atoms with Crippen molar-refractivity contribution in [2.75, 3.05) is 19.6 Å². The third-order valence-electron chi connectivity index (χ3n) is 5.82. The minimum absolute atomic E-state index is 0.0405. The first-order valence-corrected chi connectivity index (χ1v) is 10.6. The molecule has 0 aromatic heterocycles. The van der Waals surface area contributed by atoms with Crippen LogP contribution < -0.4 is 0 Å². The molecule has 0 spiro atoms. The molecule has 28 heavy (non-hydrogen) atoms. The van der Waals surface area contributed by atoms with Gasteiger partial charge >= 0.3 is 6.09 Å². The quantitative estimate of drug-likeness (QED) is 0.767. The summed E-state index contributed by atoms with van der Waals surface area (Å²) < 4.78 is 5.43. The van der Waals surface area contributed by atoms with Gasteiger partial charge in [-0.15, -0.1) is 0 Å². The van der Waals surface area contributed by atoms with Gasteiger partial charge in [0.15, 0.2) is 0 Å². The molecule has 0 bridgehead atoms. The Bertz CT molecular complexity index is 660. The molecule has 0 saturated carbocycles. The van der Waals surface area contributed by atoms with Gasteiger partial charge in [-0.25, -0.2) is 4.79 Å². The van der Waals surface area contributed by atoms with E-state index in [-0.39, 0.29) is 17.4 Å². The lowest BCUT2D eigenvalue weighted by molar-refractivity contribution is -0.138. The van der Waals surface area contributed by atoms with Gasteiger partial charge < -0.3 is 14.5 Å². The van der Waals surface area contributed by atoms with Crippen molar-refractivity contribution < 1.29 is 14.3 Å². The number of hydrogen-bond donors (Lipinski definition) is 0. The van der Waals surface area contributed by atoms with Crippen LogP contribution in [0.15, 0.2) is 30.3 Å². The van der Waals surface area contributed by atoms with E-state index >= 15 is 0 Å². The summed E-state index contributed by atoms with van der Waals surface area (Å²) in [4.78, 5) is 29.3. The highest BCUT2D eigenvalue weighted by molar-refractivity contribution is 5.80. The minimum atomic E-state index is -0.276. The van der Waals surface area contributed by atoms with Crippen LogP contribution in [0.2, 0.25) is 0 Å². The van der Waals surface area contributed by atoms with E-state index in [4.69, 9.17) is 4.74 Å². The third-order valence-corrected chi connectivity index (χ3v) is 5.82. The standard InChI is InChI=1S/C23H34N2O3/c1-23(2,3)16-20-10-7-13-25(20)21(26)19-11-14-24(15-12-19)22(27)28-17-18-8-5-4-6-9-18/h4-6,8-9,19-20H,7,10-17H2,1-3H3. The lowest BCUT2D eigenvalue weighted by atomic mass is 9.86. The van der Waals surface area contributed by atoms with E-state index in [2.05, 4.69) is 25.7 Å². The average molecular weight is 387 g/mol. The van der Waals surface area contributed by atoms with Crippen LogP contribution in [0.4, 0.5) is 4.79 Å². The van der Waals surface area contributed by atoms with Gasteiger partial charge in [-0.3, -0.25) is 4.79 Å². The van der Waals surface area contributed by atoms with Crippen LogP contribution in [0, 0.1) is 11.3 Å². The molecule has 154 valence electrons. The summed E-state index contributed by atoms with van der Waals surface area (Å²) in [5, 5.41) is 0. The lowest BCUT2D eigenvalue weighted by Gasteiger charge is -2.36. The van der Waals surface area contributed by atoms with E-state index < -0.39 is 0 Å². The summed E-state index contributed by atoms with van der Waals surface area (Å²) in [6.45, 7) is 9.11. The summed E-state index contributed by atoms with van der Waals surface area (Å²) in [5.41, 5.74) is 1.22. The fourth-order valence-electron chi connectivity index (χ4n) is 4.40. The highest BCUT2D eigenvalue weighted by Crippen LogP contribution is 2.32.